The smallest absolute Gasteiger partial charge is 0.146 e. The minimum atomic E-state index is -0.654. The van der Waals surface area contributed by atoms with Crippen molar-refractivity contribution in [2.45, 2.75) is 19.4 Å². The molecule has 5 heteroatoms. The lowest BCUT2D eigenvalue weighted by molar-refractivity contribution is 0.315. The van der Waals surface area contributed by atoms with Crippen LogP contribution in [0.2, 0.25) is 0 Å². The van der Waals surface area contributed by atoms with E-state index in [0.717, 1.165) is 6.42 Å². The number of nitrogens with two attached hydrogens (primary N) is 1. The molecule has 0 spiro atoms. The van der Waals surface area contributed by atoms with Gasteiger partial charge in [0.2, 0.25) is 0 Å². The second-order valence-electron chi connectivity index (χ2n) is 4.15. The summed E-state index contributed by atoms with van der Waals surface area (Å²) in [7, 11) is 0. The average Bonchev–Trinajstić information content (AvgIpc) is 2.45. The molecule has 0 fully saturated rings. The van der Waals surface area contributed by atoms with Gasteiger partial charge in [-0.05, 0) is 30.2 Å². The highest BCUT2D eigenvalue weighted by Gasteiger charge is 2.15. The third-order valence-electron chi connectivity index (χ3n) is 2.65. The summed E-state index contributed by atoms with van der Waals surface area (Å²) in [6, 6.07) is 3.98. The Morgan fingerprint density at radius 3 is 3.00 bits per heavy atom. The van der Waals surface area contributed by atoms with Gasteiger partial charge < -0.3 is 10.5 Å². The average molecular weight is 261 g/mol. The van der Waals surface area contributed by atoms with Crippen LogP contribution in [0.1, 0.15) is 30.6 Å². The normalized spacial score (nSPS) is 12.2. The van der Waals surface area contributed by atoms with Gasteiger partial charge >= 0.3 is 0 Å². The van der Waals surface area contributed by atoms with Gasteiger partial charge in [-0.1, -0.05) is 6.92 Å². The molecule has 0 saturated heterocycles. The molecule has 0 amide bonds. The Labute approximate surface area is 111 Å². The van der Waals surface area contributed by atoms with Crippen LogP contribution in [0.3, 0.4) is 0 Å². The third-order valence-corrected chi connectivity index (χ3v) is 2.65. The van der Waals surface area contributed by atoms with E-state index in [4.69, 9.17) is 10.5 Å². The molecule has 4 nitrogen and oxygen atoms in total. The van der Waals surface area contributed by atoms with Gasteiger partial charge in [-0.3, -0.25) is 9.97 Å². The van der Waals surface area contributed by atoms with E-state index in [2.05, 4.69) is 9.97 Å². The largest absolute Gasteiger partial charge is 0.492 e. The Morgan fingerprint density at radius 2 is 2.26 bits per heavy atom. The SMILES string of the molecule is CCCOc1cncc(C(N)c2ncccc2F)c1. The Kier molecular flexibility index (Phi) is 4.41. The van der Waals surface area contributed by atoms with E-state index in [9.17, 15) is 4.39 Å². The molecule has 2 N–H and O–H groups in total. The lowest BCUT2D eigenvalue weighted by atomic mass is 10.1. The fourth-order valence-corrected chi connectivity index (χ4v) is 1.69. The highest BCUT2D eigenvalue weighted by Crippen LogP contribution is 2.22. The van der Waals surface area contributed by atoms with Crippen molar-refractivity contribution in [3.05, 3.63) is 53.9 Å². The summed E-state index contributed by atoms with van der Waals surface area (Å²) in [6.45, 7) is 2.63. The van der Waals surface area contributed by atoms with Crippen LogP contribution in [0.4, 0.5) is 4.39 Å². The number of hydrogen-bond acceptors (Lipinski definition) is 4. The molecule has 2 aromatic heterocycles. The molecule has 0 saturated carbocycles. The molecule has 2 aromatic rings. The van der Waals surface area contributed by atoms with E-state index < -0.39 is 11.9 Å². The second kappa shape index (κ2) is 6.24. The predicted octanol–water partition coefficient (Wildman–Crippen LogP) is 2.45. The first-order chi connectivity index (χ1) is 9.22. The van der Waals surface area contributed by atoms with Crippen LogP contribution in [0.5, 0.6) is 5.75 Å². The van der Waals surface area contributed by atoms with E-state index in [1.54, 1.807) is 18.5 Å². The van der Waals surface area contributed by atoms with Gasteiger partial charge in [-0.25, -0.2) is 4.39 Å². The van der Waals surface area contributed by atoms with Crippen LogP contribution in [0.25, 0.3) is 0 Å². The first-order valence-electron chi connectivity index (χ1n) is 6.16. The zero-order chi connectivity index (χ0) is 13.7. The molecule has 0 aromatic carbocycles. The Bertz CT molecular complexity index is 548. The lowest BCUT2D eigenvalue weighted by Crippen LogP contribution is -2.15. The third kappa shape index (κ3) is 3.26. The van der Waals surface area contributed by atoms with Crippen LogP contribution < -0.4 is 10.5 Å². The van der Waals surface area contributed by atoms with E-state index >= 15 is 0 Å². The Hall–Kier alpha value is -2.01. The summed E-state index contributed by atoms with van der Waals surface area (Å²) in [4.78, 5) is 8.04. The standard InChI is InChI=1S/C14H16FN3O/c1-2-6-19-11-7-10(8-17-9-11)13(16)14-12(15)4-3-5-18-14/h3-5,7-9,13H,2,6,16H2,1H3. The van der Waals surface area contributed by atoms with Crippen LogP contribution in [0, 0.1) is 5.82 Å². The predicted molar refractivity (Wildman–Crippen MR) is 70.2 cm³/mol. The van der Waals surface area contributed by atoms with Gasteiger partial charge in [0.15, 0.2) is 0 Å². The number of aromatic nitrogens is 2. The van der Waals surface area contributed by atoms with Crippen molar-refractivity contribution in [3.8, 4) is 5.75 Å². The molecule has 0 aliphatic rings. The van der Waals surface area contributed by atoms with E-state index in [-0.39, 0.29) is 5.69 Å². The maximum absolute atomic E-state index is 13.6. The molecule has 1 unspecified atom stereocenters. The molecule has 100 valence electrons. The first-order valence-corrected chi connectivity index (χ1v) is 6.16. The van der Waals surface area contributed by atoms with Crippen molar-refractivity contribution in [3.63, 3.8) is 0 Å². The minimum Gasteiger partial charge on any atom is -0.492 e. The van der Waals surface area contributed by atoms with Crippen molar-refractivity contribution in [1.29, 1.82) is 0 Å². The van der Waals surface area contributed by atoms with Gasteiger partial charge in [0.25, 0.3) is 0 Å². The van der Waals surface area contributed by atoms with Crippen molar-refractivity contribution in [2.75, 3.05) is 6.61 Å². The molecular formula is C14H16FN3O. The number of ether oxygens (including phenoxy) is 1. The number of rotatable bonds is 5. The molecule has 2 heterocycles. The number of pyridine rings is 2. The maximum Gasteiger partial charge on any atom is 0.146 e. The van der Waals surface area contributed by atoms with Crippen molar-refractivity contribution < 1.29 is 9.13 Å². The zero-order valence-corrected chi connectivity index (χ0v) is 10.7. The van der Waals surface area contributed by atoms with Crippen molar-refractivity contribution in [2.24, 2.45) is 5.73 Å². The van der Waals surface area contributed by atoms with Gasteiger partial charge in [-0.15, -0.1) is 0 Å². The van der Waals surface area contributed by atoms with Crippen molar-refractivity contribution >= 4 is 0 Å². The van der Waals surface area contributed by atoms with Crippen LogP contribution in [-0.4, -0.2) is 16.6 Å². The zero-order valence-electron chi connectivity index (χ0n) is 10.7. The fourth-order valence-electron chi connectivity index (χ4n) is 1.69. The summed E-state index contributed by atoms with van der Waals surface area (Å²) < 4.78 is 19.1. The first kappa shape index (κ1) is 13.4. The minimum absolute atomic E-state index is 0.206. The van der Waals surface area contributed by atoms with E-state index in [1.165, 1.54) is 18.3 Å². The summed E-state index contributed by atoms with van der Waals surface area (Å²) in [5.74, 6) is 0.209. The summed E-state index contributed by atoms with van der Waals surface area (Å²) in [5.41, 5.74) is 6.89. The fraction of sp³-hybridized carbons (Fsp3) is 0.286. The van der Waals surface area contributed by atoms with Crippen molar-refractivity contribution in [1.82, 2.24) is 9.97 Å². The highest BCUT2D eigenvalue weighted by molar-refractivity contribution is 5.31. The molecule has 19 heavy (non-hydrogen) atoms. The summed E-state index contributed by atoms with van der Waals surface area (Å²) in [5, 5.41) is 0. The molecule has 0 bridgehead atoms. The van der Waals surface area contributed by atoms with Gasteiger partial charge in [0.1, 0.15) is 11.6 Å². The molecular weight excluding hydrogens is 245 g/mol. The van der Waals surface area contributed by atoms with Crippen LogP contribution in [-0.2, 0) is 0 Å². The number of nitrogens with zero attached hydrogens (tertiary/aromatic N) is 2. The maximum atomic E-state index is 13.6. The summed E-state index contributed by atoms with van der Waals surface area (Å²) in [6.07, 6.45) is 5.63. The number of halogens is 1. The van der Waals surface area contributed by atoms with E-state index in [1.807, 2.05) is 6.92 Å². The monoisotopic (exact) mass is 261 g/mol. The van der Waals surface area contributed by atoms with Crippen LogP contribution >= 0.6 is 0 Å². The lowest BCUT2D eigenvalue weighted by Gasteiger charge is -2.13. The second-order valence-corrected chi connectivity index (χ2v) is 4.15. The van der Waals surface area contributed by atoms with Gasteiger partial charge in [0.05, 0.1) is 24.5 Å². The highest BCUT2D eigenvalue weighted by atomic mass is 19.1. The van der Waals surface area contributed by atoms with Gasteiger partial charge in [-0.2, -0.15) is 0 Å². The molecule has 0 radical (unpaired) electrons. The molecule has 0 aliphatic carbocycles. The quantitative estimate of drug-likeness (QED) is 0.898. The topological polar surface area (TPSA) is 61.0 Å². The Morgan fingerprint density at radius 1 is 1.42 bits per heavy atom. The summed E-state index contributed by atoms with van der Waals surface area (Å²) >= 11 is 0. The molecule has 0 aliphatic heterocycles. The van der Waals surface area contributed by atoms with Gasteiger partial charge in [0, 0.05) is 12.4 Å². The van der Waals surface area contributed by atoms with Crippen LogP contribution in [0.15, 0.2) is 36.8 Å². The Balaban J connectivity index is 2.24. The molecule has 1 atom stereocenters. The van der Waals surface area contributed by atoms with E-state index in [0.29, 0.717) is 17.9 Å². The molecule has 2 rings (SSSR count). The number of hydrogen-bond donors (Lipinski definition) is 1.